The first kappa shape index (κ1) is 34.3. The van der Waals surface area contributed by atoms with E-state index in [-0.39, 0.29) is 42.5 Å². The number of carbonyl (C=O) groups excluding carboxylic acids is 1. The van der Waals surface area contributed by atoms with Crippen molar-refractivity contribution in [2.75, 3.05) is 0 Å². The maximum absolute atomic E-state index is 11.8. The van der Waals surface area contributed by atoms with Crippen molar-refractivity contribution >= 4 is 27.5 Å². The maximum atomic E-state index is 11.8. The first-order valence-corrected chi connectivity index (χ1v) is 14.2. The second-order valence-electron chi connectivity index (χ2n) is 12.4. The molecule has 0 amide bonds. The Morgan fingerprint density at radius 2 is 1.49 bits per heavy atom. The van der Waals surface area contributed by atoms with Gasteiger partial charge in [-0.2, -0.15) is 0 Å². The first-order chi connectivity index (χ1) is 18.6. The number of rotatable bonds is 6. The Kier molecular flexibility index (Phi) is 11.2. The van der Waals surface area contributed by atoms with Gasteiger partial charge < -0.3 is 5.11 Å². The summed E-state index contributed by atoms with van der Waals surface area (Å²) in [5, 5.41) is 13.4. The zero-order valence-corrected chi connectivity index (χ0v) is 28.9. The number of ketones is 1. The van der Waals surface area contributed by atoms with Gasteiger partial charge in [0.05, 0.1) is 5.52 Å². The number of allylic oxidation sites excluding steroid dienone is 2. The van der Waals surface area contributed by atoms with Gasteiger partial charge in [-0.05, 0) is 55.6 Å². The topological polar surface area (TPSA) is 63.1 Å². The van der Waals surface area contributed by atoms with E-state index in [2.05, 4.69) is 70.2 Å². The summed E-state index contributed by atoms with van der Waals surface area (Å²) in [7, 11) is 0. The molecule has 1 aromatic heterocycles. The third-order valence-corrected chi connectivity index (χ3v) is 8.03. The second-order valence-corrected chi connectivity index (χ2v) is 12.4. The number of aliphatic hydroxyl groups excluding tert-OH is 1. The normalized spacial score (nSPS) is 12.1. The van der Waals surface area contributed by atoms with Crippen molar-refractivity contribution in [1.29, 1.82) is 0 Å². The fourth-order valence-corrected chi connectivity index (χ4v) is 4.66. The summed E-state index contributed by atoms with van der Waals surface area (Å²) in [6.45, 7) is 22.1. The summed E-state index contributed by atoms with van der Waals surface area (Å²) in [6, 6.07) is 16.5. The molecule has 0 aliphatic heterocycles. The Morgan fingerprint density at radius 3 is 2.07 bits per heavy atom. The maximum Gasteiger partial charge on any atom is 0.164 e. The van der Waals surface area contributed by atoms with Crippen molar-refractivity contribution in [3.05, 3.63) is 82.4 Å². The van der Waals surface area contributed by atoms with Crippen molar-refractivity contribution in [3.63, 3.8) is 0 Å². The van der Waals surface area contributed by atoms with E-state index in [4.69, 9.17) is 9.97 Å². The van der Waals surface area contributed by atoms with Gasteiger partial charge in [0.1, 0.15) is 11.6 Å². The third-order valence-electron chi connectivity index (χ3n) is 8.03. The number of aromatic nitrogens is 2. The summed E-state index contributed by atoms with van der Waals surface area (Å²) in [5.74, 6) is 0.989. The number of nitrogens with zero attached hydrogens (tertiary/aromatic N) is 2. The van der Waals surface area contributed by atoms with E-state index in [1.54, 1.807) is 0 Å². The largest absolute Gasteiger partial charge is 0.512 e. The molecule has 0 atom stereocenters. The average Bonchev–Trinajstić information content (AvgIpc) is 2.87. The molecule has 0 bridgehead atoms. The van der Waals surface area contributed by atoms with Crippen LogP contribution in [0.2, 0.25) is 0 Å². The molecule has 4 nitrogen and oxygen atoms in total. The van der Waals surface area contributed by atoms with Gasteiger partial charge in [0.2, 0.25) is 0 Å². The molecule has 0 spiro atoms. The van der Waals surface area contributed by atoms with Gasteiger partial charge in [-0.15, -0.1) is 34.9 Å². The van der Waals surface area contributed by atoms with E-state index >= 15 is 0 Å². The van der Waals surface area contributed by atoms with Crippen LogP contribution in [0.5, 0.6) is 0 Å². The Bertz CT molecular complexity index is 1580. The monoisotopic (exact) mass is 730 g/mol. The van der Waals surface area contributed by atoms with E-state index in [1.807, 2.05) is 48.5 Å². The number of aryl methyl sites for hydroxylation is 5. The molecule has 4 rings (SSSR count). The Balaban J connectivity index is 0.000000320. The summed E-state index contributed by atoms with van der Waals surface area (Å²) >= 11 is 0. The molecule has 1 heterocycles. The van der Waals surface area contributed by atoms with Gasteiger partial charge in [0.15, 0.2) is 5.78 Å². The average molecular weight is 730 g/mol. The fraction of sp³-hybridized carbons (Fsp3) is 0.417. The summed E-state index contributed by atoms with van der Waals surface area (Å²) < 4.78 is 0. The molecule has 221 valence electrons. The Labute approximate surface area is 260 Å². The quantitative estimate of drug-likeness (QED) is 0.0930. The van der Waals surface area contributed by atoms with Gasteiger partial charge >= 0.3 is 0 Å². The molecule has 0 saturated carbocycles. The van der Waals surface area contributed by atoms with Crippen molar-refractivity contribution in [2.45, 2.75) is 89.0 Å². The summed E-state index contributed by atoms with van der Waals surface area (Å²) in [6.07, 6.45) is 2.99. The van der Waals surface area contributed by atoms with E-state index in [0.29, 0.717) is 0 Å². The predicted molar refractivity (Wildman–Crippen MR) is 169 cm³/mol. The molecule has 0 aliphatic carbocycles. The summed E-state index contributed by atoms with van der Waals surface area (Å²) in [4.78, 5) is 21.4. The van der Waals surface area contributed by atoms with Crippen molar-refractivity contribution in [2.24, 2.45) is 10.8 Å². The molecule has 0 saturated heterocycles. The fourth-order valence-electron chi connectivity index (χ4n) is 4.66. The molecule has 5 heteroatoms. The molecule has 41 heavy (non-hydrogen) atoms. The third kappa shape index (κ3) is 7.90. The molecular weight excluding hydrogens is 685 g/mol. The van der Waals surface area contributed by atoms with Gasteiger partial charge in [0.25, 0.3) is 0 Å². The van der Waals surface area contributed by atoms with Crippen LogP contribution in [0.1, 0.15) is 82.5 Å². The Morgan fingerprint density at radius 1 is 0.878 bits per heavy atom. The predicted octanol–water partition coefficient (Wildman–Crippen LogP) is 9.66. The number of aliphatic hydroxyl groups is 1. The standard InChI is InChI=1S/C23H21N2.C13H24O2.Ir/c1-13-8-14(2)12-19(11-13)22-20-7-6-18-10-15(3)9-16(4)21(18)23(20)25-17(5)24-22;1-7-12(3,4)10(14)9-11(15)13(5,6)8-2;/h6-11H,1-5H3;9,14H,7-8H2,1-6H3;/q-1;;/b;10-9-;. The molecule has 4 aromatic rings. The molecule has 1 N–H and O–H groups in total. The van der Waals surface area contributed by atoms with Crippen LogP contribution in [0.15, 0.2) is 48.2 Å². The van der Waals surface area contributed by atoms with Crippen LogP contribution in [0.3, 0.4) is 0 Å². The molecule has 0 fully saturated rings. The van der Waals surface area contributed by atoms with Crippen LogP contribution >= 0.6 is 0 Å². The van der Waals surface area contributed by atoms with Gasteiger partial charge in [0, 0.05) is 42.4 Å². The smallest absolute Gasteiger partial charge is 0.164 e. The molecule has 1 radical (unpaired) electrons. The minimum atomic E-state index is -0.377. The minimum Gasteiger partial charge on any atom is -0.512 e. The number of hydrogen-bond donors (Lipinski definition) is 1. The zero-order chi connectivity index (χ0) is 30.0. The molecular formula is C36H45IrN2O2-. The first-order valence-electron chi connectivity index (χ1n) is 14.2. The van der Waals surface area contributed by atoms with Crippen molar-refractivity contribution in [1.82, 2.24) is 9.97 Å². The summed E-state index contributed by atoms with van der Waals surface area (Å²) in [5.41, 5.74) is 7.25. The van der Waals surface area contributed by atoms with Gasteiger partial charge in [-0.3, -0.25) is 9.78 Å². The molecule has 3 aromatic carbocycles. The number of benzene rings is 3. The molecule has 0 unspecified atom stereocenters. The minimum absolute atomic E-state index is 0. The van der Waals surface area contributed by atoms with Crippen LogP contribution in [-0.2, 0) is 24.9 Å². The van der Waals surface area contributed by atoms with Crippen LogP contribution in [0, 0.1) is 51.5 Å². The van der Waals surface area contributed by atoms with E-state index in [0.717, 1.165) is 46.4 Å². The molecule has 0 aliphatic rings. The van der Waals surface area contributed by atoms with Crippen LogP contribution < -0.4 is 0 Å². The van der Waals surface area contributed by atoms with Gasteiger partial charge in [-0.1, -0.05) is 85.2 Å². The van der Waals surface area contributed by atoms with Crippen LogP contribution in [0.25, 0.3) is 32.9 Å². The number of hydrogen-bond acceptors (Lipinski definition) is 4. The number of fused-ring (bicyclic) bond motifs is 3. The van der Waals surface area contributed by atoms with Crippen LogP contribution in [-0.4, -0.2) is 20.9 Å². The second kappa shape index (κ2) is 13.4. The SMILES string of the molecule is CCC(C)(C)C(=O)/C=C(\O)C(C)(C)CC.Cc1[c-]c(-c2nc(C)nc3c2ccc2cc(C)cc(C)c23)cc(C)c1.[Ir]. The Hall–Kier alpha value is -2.88. The van der Waals surface area contributed by atoms with E-state index in [9.17, 15) is 9.90 Å². The van der Waals surface area contributed by atoms with Crippen molar-refractivity contribution < 1.29 is 30.0 Å². The van der Waals surface area contributed by atoms with E-state index in [1.165, 1.54) is 33.5 Å². The van der Waals surface area contributed by atoms with Gasteiger partial charge in [-0.25, -0.2) is 4.98 Å². The zero-order valence-electron chi connectivity index (χ0n) is 26.5. The van der Waals surface area contributed by atoms with Crippen LogP contribution in [0.4, 0.5) is 0 Å². The van der Waals surface area contributed by atoms with Crippen molar-refractivity contribution in [3.8, 4) is 11.3 Å². The number of carbonyl (C=O) groups is 1. The van der Waals surface area contributed by atoms with E-state index < -0.39 is 0 Å².